The quantitative estimate of drug-likeness (QED) is 0.867. The van der Waals surface area contributed by atoms with E-state index in [0.29, 0.717) is 11.7 Å². The zero-order valence-corrected chi connectivity index (χ0v) is 10.7. The number of anilines is 1. The second-order valence-electron chi connectivity index (χ2n) is 4.45. The number of rotatable bonds is 5. The molecule has 0 bridgehead atoms. The smallest absolute Gasteiger partial charge is 0.164 e. The third-order valence-corrected chi connectivity index (χ3v) is 3.33. The lowest BCUT2D eigenvalue weighted by atomic mass is 10.1. The van der Waals surface area contributed by atoms with E-state index in [-0.39, 0.29) is 5.82 Å². The lowest BCUT2D eigenvalue weighted by molar-refractivity contribution is 0.0184. The molecule has 1 saturated heterocycles. The van der Waals surface area contributed by atoms with Crippen molar-refractivity contribution in [3.63, 3.8) is 0 Å². The molecule has 0 unspecified atom stereocenters. The molecule has 1 aromatic heterocycles. The van der Waals surface area contributed by atoms with Crippen LogP contribution in [0.15, 0.2) is 18.5 Å². The Morgan fingerprint density at radius 1 is 1.50 bits per heavy atom. The van der Waals surface area contributed by atoms with Crippen LogP contribution >= 0.6 is 0 Å². The van der Waals surface area contributed by atoms with E-state index in [4.69, 9.17) is 4.74 Å². The van der Waals surface area contributed by atoms with Crippen molar-refractivity contribution in [2.45, 2.75) is 19.4 Å². The van der Waals surface area contributed by atoms with Gasteiger partial charge in [0, 0.05) is 31.9 Å². The molecule has 1 atom stereocenters. The number of ether oxygens (including phenoxy) is 1. The number of nitrogens with one attached hydrogen (secondary N) is 1. The summed E-state index contributed by atoms with van der Waals surface area (Å²) >= 11 is 0. The molecule has 2 rings (SSSR count). The molecule has 0 spiro atoms. The molecule has 1 aliphatic heterocycles. The number of halogens is 1. The summed E-state index contributed by atoms with van der Waals surface area (Å²) in [5, 5.41) is 3.16. The normalized spacial score (nSPS) is 18.6. The van der Waals surface area contributed by atoms with Crippen molar-refractivity contribution < 1.29 is 9.13 Å². The molecule has 0 aliphatic carbocycles. The third kappa shape index (κ3) is 3.40. The number of aromatic nitrogens is 1. The van der Waals surface area contributed by atoms with E-state index in [9.17, 15) is 4.39 Å². The fraction of sp³-hybridized carbons (Fsp3) is 0.615. The molecule has 1 aliphatic rings. The Labute approximate surface area is 107 Å². The molecule has 1 fully saturated rings. The average Bonchev–Trinajstić information content (AvgIpc) is 2.42. The van der Waals surface area contributed by atoms with E-state index in [0.717, 1.165) is 39.3 Å². The van der Waals surface area contributed by atoms with Crippen LogP contribution in [-0.4, -0.2) is 48.8 Å². The first-order valence-electron chi connectivity index (χ1n) is 6.46. The van der Waals surface area contributed by atoms with Crippen LogP contribution in [0.25, 0.3) is 0 Å². The lowest BCUT2D eigenvalue weighted by Crippen LogP contribution is -2.46. The number of nitrogens with zero attached hydrogens (tertiary/aromatic N) is 2. The van der Waals surface area contributed by atoms with E-state index in [2.05, 4.69) is 22.1 Å². The Morgan fingerprint density at radius 3 is 2.94 bits per heavy atom. The van der Waals surface area contributed by atoms with Gasteiger partial charge in [-0.3, -0.25) is 9.88 Å². The number of hydrogen-bond acceptors (Lipinski definition) is 4. The molecular weight excluding hydrogens is 233 g/mol. The Bertz CT molecular complexity index is 369. The fourth-order valence-corrected chi connectivity index (χ4v) is 2.22. The minimum Gasteiger partial charge on any atom is -0.381 e. The zero-order chi connectivity index (χ0) is 12.8. The third-order valence-electron chi connectivity index (χ3n) is 3.33. The van der Waals surface area contributed by atoms with Gasteiger partial charge in [-0.1, -0.05) is 6.92 Å². The van der Waals surface area contributed by atoms with Crippen molar-refractivity contribution in [2.75, 3.05) is 38.2 Å². The largest absolute Gasteiger partial charge is 0.381 e. The van der Waals surface area contributed by atoms with E-state index in [1.165, 1.54) is 6.20 Å². The van der Waals surface area contributed by atoms with Gasteiger partial charge in [-0.05, 0) is 12.5 Å². The SMILES string of the molecule is CC[C@@H](CNc1ccncc1F)N1CCOCC1. The molecule has 5 heteroatoms. The molecule has 2 heterocycles. The van der Waals surface area contributed by atoms with Gasteiger partial charge in [0.25, 0.3) is 0 Å². The molecular formula is C13H20FN3O. The van der Waals surface area contributed by atoms with Crippen LogP contribution < -0.4 is 5.32 Å². The number of morpholine rings is 1. The standard InChI is InChI=1S/C13H20FN3O/c1-2-11(17-5-7-18-8-6-17)9-16-13-3-4-15-10-12(13)14/h3-4,10-11H,2,5-9H2,1H3,(H,15,16)/t11-/m0/s1. The second kappa shape index (κ2) is 6.66. The Kier molecular flexibility index (Phi) is 4.90. The Balaban J connectivity index is 1.88. The van der Waals surface area contributed by atoms with E-state index < -0.39 is 0 Å². The highest BCUT2D eigenvalue weighted by Crippen LogP contribution is 2.13. The van der Waals surface area contributed by atoms with Crippen LogP contribution in [0, 0.1) is 5.82 Å². The van der Waals surface area contributed by atoms with Crippen LogP contribution in [0.3, 0.4) is 0 Å². The van der Waals surface area contributed by atoms with Crippen molar-refractivity contribution in [1.82, 2.24) is 9.88 Å². The minimum atomic E-state index is -0.297. The molecule has 0 saturated carbocycles. The molecule has 0 aromatic carbocycles. The summed E-state index contributed by atoms with van der Waals surface area (Å²) in [5.41, 5.74) is 0.525. The van der Waals surface area contributed by atoms with Crippen molar-refractivity contribution >= 4 is 5.69 Å². The van der Waals surface area contributed by atoms with Crippen molar-refractivity contribution in [1.29, 1.82) is 0 Å². The molecule has 1 aromatic rings. The van der Waals surface area contributed by atoms with E-state index in [1.807, 2.05) is 0 Å². The number of hydrogen-bond donors (Lipinski definition) is 1. The zero-order valence-electron chi connectivity index (χ0n) is 10.7. The maximum Gasteiger partial charge on any atom is 0.164 e. The van der Waals surface area contributed by atoms with E-state index in [1.54, 1.807) is 12.3 Å². The van der Waals surface area contributed by atoms with Crippen LogP contribution in [0.1, 0.15) is 13.3 Å². The van der Waals surface area contributed by atoms with Gasteiger partial charge in [0.15, 0.2) is 5.82 Å². The highest BCUT2D eigenvalue weighted by atomic mass is 19.1. The van der Waals surface area contributed by atoms with Gasteiger partial charge < -0.3 is 10.1 Å². The van der Waals surface area contributed by atoms with Crippen LogP contribution in [-0.2, 0) is 4.74 Å². The molecule has 1 N–H and O–H groups in total. The predicted octanol–water partition coefficient (Wildman–Crippen LogP) is 1.74. The van der Waals surface area contributed by atoms with Crippen molar-refractivity contribution in [3.05, 3.63) is 24.3 Å². The van der Waals surface area contributed by atoms with E-state index >= 15 is 0 Å². The average molecular weight is 253 g/mol. The second-order valence-corrected chi connectivity index (χ2v) is 4.45. The van der Waals surface area contributed by atoms with Gasteiger partial charge in [0.2, 0.25) is 0 Å². The molecule has 18 heavy (non-hydrogen) atoms. The summed E-state index contributed by atoms with van der Waals surface area (Å²) in [5.74, 6) is -0.297. The Hall–Kier alpha value is -1.20. The van der Waals surface area contributed by atoms with Crippen LogP contribution in [0.4, 0.5) is 10.1 Å². The highest BCUT2D eigenvalue weighted by Gasteiger charge is 2.19. The minimum absolute atomic E-state index is 0.297. The summed E-state index contributed by atoms with van der Waals surface area (Å²) in [6.07, 6.45) is 3.87. The van der Waals surface area contributed by atoms with Gasteiger partial charge in [0.1, 0.15) is 0 Å². The summed E-state index contributed by atoms with van der Waals surface area (Å²) in [6, 6.07) is 2.09. The molecule has 0 radical (unpaired) electrons. The van der Waals surface area contributed by atoms with Gasteiger partial charge in [-0.15, -0.1) is 0 Å². The molecule has 4 nitrogen and oxygen atoms in total. The number of pyridine rings is 1. The van der Waals surface area contributed by atoms with Gasteiger partial charge in [-0.25, -0.2) is 4.39 Å². The van der Waals surface area contributed by atoms with Crippen molar-refractivity contribution in [2.24, 2.45) is 0 Å². The molecule has 0 amide bonds. The fourth-order valence-electron chi connectivity index (χ4n) is 2.22. The topological polar surface area (TPSA) is 37.4 Å². The first kappa shape index (κ1) is 13.2. The molecule has 100 valence electrons. The monoisotopic (exact) mass is 253 g/mol. The summed E-state index contributed by atoms with van der Waals surface area (Å²) in [6.45, 7) is 6.40. The van der Waals surface area contributed by atoms with Gasteiger partial charge >= 0.3 is 0 Å². The lowest BCUT2D eigenvalue weighted by Gasteiger charge is -2.34. The maximum absolute atomic E-state index is 13.4. The summed E-state index contributed by atoms with van der Waals surface area (Å²) < 4.78 is 18.8. The highest BCUT2D eigenvalue weighted by molar-refractivity contribution is 5.42. The van der Waals surface area contributed by atoms with Crippen LogP contribution in [0.5, 0.6) is 0 Å². The van der Waals surface area contributed by atoms with Crippen LogP contribution in [0.2, 0.25) is 0 Å². The Morgan fingerprint density at radius 2 is 2.28 bits per heavy atom. The predicted molar refractivity (Wildman–Crippen MR) is 69.2 cm³/mol. The first-order chi connectivity index (χ1) is 8.81. The maximum atomic E-state index is 13.4. The van der Waals surface area contributed by atoms with Crippen molar-refractivity contribution in [3.8, 4) is 0 Å². The summed E-state index contributed by atoms with van der Waals surface area (Å²) in [4.78, 5) is 6.14. The first-order valence-corrected chi connectivity index (χ1v) is 6.46. The summed E-state index contributed by atoms with van der Waals surface area (Å²) in [7, 11) is 0. The van der Waals surface area contributed by atoms with Gasteiger partial charge in [-0.2, -0.15) is 0 Å². The van der Waals surface area contributed by atoms with Gasteiger partial charge in [0.05, 0.1) is 25.1 Å².